The first-order valence-electron chi connectivity index (χ1n) is 9.02. The fraction of sp³-hybridized carbons (Fsp3) is 0.250. The van der Waals surface area contributed by atoms with Crippen molar-refractivity contribution < 1.29 is 22.8 Å². The lowest BCUT2D eigenvalue weighted by atomic mass is 10.2. The van der Waals surface area contributed by atoms with Crippen molar-refractivity contribution in [1.82, 2.24) is 5.32 Å². The molecule has 29 heavy (non-hydrogen) atoms. The molecule has 0 radical (unpaired) electrons. The summed E-state index contributed by atoms with van der Waals surface area (Å²) in [5, 5.41) is 5.06. The molecule has 1 fully saturated rings. The zero-order valence-corrected chi connectivity index (χ0v) is 16.7. The summed E-state index contributed by atoms with van der Waals surface area (Å²) in [7, 11) is -3.38. The first kappa shape index (κ1) is 20.5. The van der Waals surface area contributed by atoms with Gasteiger partial charge in [-0.3, -0.25) is 14.4 Å². The normalized spacial score (nSPS) is 14.0. The van der Waals surface area contributed by atoms with Crippen LogP contribution in [-0.2, 0) is 19.4 Å². The van der Waals surface area contributed by atoms with E-state index >= 15 is 0 Å². The zero-order valence-electron chi connectivity index (χ0n) is 15.8. The van der Waals surface area contributed by atoms with Crippen molar-refractivity contribution in [2.24, 2.45) is 0 Å². The summed E-state index contributed by atoms with van der Waals surface area (Å²) >= 11 is 0. The number of nitrogens with one attached hydrogen (secondary N) is 2. The molecule has 0 aliphatic carbocycles. The van der Waals surface area contributed by atoms with Gasteiger partial charge in [-0.1, -0.05) is 6.07 Å². The summed E-state index contributed by atoms with van der Waals surface area (Å²) in [4.78, 5) is 37.8. The second kappa shape index (κ2) is 8.44. The lowest BCUT2D eigenvalue weighted by Gasteiger charge is -2.15. The van der Waals surface area contributed by atoms with Gasteiger partial charge >= 0.3 is 0 Å². The molecule has 9 heteroatoms. The molecule has 2 aromatic rings. The Hall–Kier alpha value is -3.20. The number of sulfone groups is 1. The van der Waals surface area contributed by atoms with Crippen LogP contribution in [-0.4, -0.2) is 45.5 Å². The summed E-state index contributed by atoms with van der Waals surface area (Å²) < 4.78 is 23.2. The minimum Gasteiger partial charge on any atom is -0.343 e. The van der Waals surface area contributed by atoms with Crippen LogP contribution in [0.2, 0.25) is 0 Å². The SMILES string of the molecule is CS(=O)(=O)c1cccc(NC(=O)CNC(=O)c2ccc(N3CCCC3=O)cc2)c1. The fourth-order valence-corrected chi connectivity index (χ4v) is 3.65. The Morgan fingerprint density at radius 3 is 2.45 bits per heavy atom. The van der Waals surface area contributed by atoms with Crippen molar-refractivity contribution in [2.75, 3.05) is 29.6 Å². The highest BCUT2D eigenvalue weighted by Crippen LogP contribution is 2.21. The highest BCUT2D eigenvalue weighted by molar-refractivity contribution is 7.90. The average molecular weight is 415 g/mol. The molecule has 1 heterocycles. The molecule has 0 saturated carbocycles. The smallest absolute Gasteiger partial charge is 0.251 e. The second-order valence-corrected chi connectivity index (χ2v) is 8.74. The van der Waals surface area contributed by atoms with Crippen molar-refractivity contribution in [1.29, 1.82) is 0 Å². The first-order chi connectivity index (χ1) is 13.7. The third kappa shape index (κ3) is 5.20. The number of anilines is 2. The van der Waals surface area contributed by atoms with Crippen LogP contribution in [0.25, 0.3) is 0 Å². The Labute approximate surface area is 168 Å². The van der Waals surface area contributed by atoms with E-state index in [0.717, 1.165) is 18.4 Å². The van der Waals surface area contributed by atoms with Crippen LogP contribution in [0.4, 0.5) is 11.4 Å². The first-order valence-corrected chi connectivity index (χ1v) is 10.9. The molecule has 0 atom stereocenters. The molecule has 1 aliphatic heterocycles. The maximum Gasteiger partial charge on any atom is 0.251 e. The molecule has 152 valence electrons. The minimum absolute atomic E-state index is 0.0683. The molecule has 0 aromatic heterocycles. The second-order valence-electron chi connectivity index (χ2n) is 6.73. The van der Waals surface area contributed by atoms with E-state index in [1.807, 2.05) is 0 Å². The number of carbonyl (C=O) groups is 3. The van der Waals surface area contributed by atoms with Crippen molar-refractivity contribution >= 4 is 38.9 Å². The Balaban J connectivity index is 1.55. The van der Waals surface area contributed by atoms with E-state index in [2.05, 4.69) is 10.6 Å². The van der Waals surface area contributed by atoms with Crippen molar-refractivity contribution in [2.45, 2.75) is 17.7 Å². The number of hydrogen-bond donors (Lipinski definition) is 2. The lowest BCUT2D eigenvalue weighted by Crippen LogP contribution is -2.33. The molecule has 1 aliphatic rings. The van der Waals surface area contributed by atoms with Gasteiger partial charge in [0.15, 0.2) is 9.84 Å². The highest BCUT2D eigenvalue weighted by Gasteiger charge is 2.21. The van der Waals surface area contributed by atoms with Gasteiger partial charge in [0.05, 0.1) is 11.4 Å². The van der Waals surface area contributed by atoms with Gasteiger partial charge in [-0.2, -0.15) is 0 Å². The van der Waals surface area contributed by atoms with Crippen LogP contribution >= 0.6 is 0 Å². The Bertz CT molecular complexity index is 1050. The quantitative estimate of drug-likeness (QED) is 0.744. The van der Waals surface area contributed by atoms with Gasteiger partial charge < -0.3 is 15.5 Å². The molecule has 1 saturated heterocycles. The van der Waals surface area contributed by atoms with Crippen molar-refractivity contribution in [3.05, 3.63) is 54.1 Å². The zero-order chi connectivity index (χ0) is 21.0. The van der Waals surface area contributed by atoms with E-state index in [4.69, 9.17) is 0 Å². The molecule has 0 unspecified atom stereocenters. The number of amides is 3. The summed E-state index contributed by atoms with van der Waals surface area (Å²) in [6, 6.07) is 12.5. The number of carbonyl (C=O) groups excluding carboxylic acids is 3. The summed E-state index contributed by atoms with van der Waals surface area (Å²) in [5.74, 6) is -0.841. The maximum atomic E-state index is 12.2. The van der Waals surface area contributed by atoms with Gasteiger partial charge in [0.2, 0.25) is 11.8 Å². The minimum atomic E-state index is -3.38. The van der Waals surface area contributed by atoms with E-state index in [-0.39, 0.29) is 17.3 Å². The van der Waals surface area contributed by atoms with Gasteiger partial charge in [0.25, 0.3) is 5.91 Å². The Morgan fingerprint density at radius 1 is 1.10 bits per heavy atom. The highest BCUT2D eigenvalue weighted by atomic mass is 32.2. The number of rotatable bonds is 6. The van der Waals surface area contributed by atoms with Crippen LogP contribution in [0.3, 0.4) is 0 Å². The van der Waals surface area contributed by atoms with Crippen LogP contribution < -0.4 is 15.5 Å². The van der Waals surface area contributed by atoms with Crippen LogP contribution in [0, 0.1) is 0 Å². The molecule has 2 N–H and O–H groups in total. The fourth-order valence-electron chi connectivity index (χ4n) is 2.99. The van der Waals surface area contributed by atoms with E-state index < -0.39 is 21.7 Å². The van der Waals surface area contributed by atoms with Gasteiger partial charge in [-0.15, -0.1) is 0 Å². The number of nitrogens with zero attached hydrogens (tertiary/aromatic N) is 1. The third-order valence-electron chi connectivity index (χ3n) is 4.47. The summed E-state index contributed by atoms with van der Waals surface area (Å²) in [5.41, 5.74) is 1.44. The monoisotopic (exact) mass is 415 g/mol. The predicted molar refractivity (Wildman–Crippen MR) is 109 cm³/mol. The molecule has 3 rings (SSSR count). The summed E-state index contributed by atoms with van der Waals surface area (Å²) in [6.07, 6.45) is 2.44. The van der Waals surface area contributed by atoms with E-state index in [1.54, 1.807) is 35.2 Å². The number of benzene rings is 2. The van der Waals surface area contributed by atoms with Crippen LogP contribution in [0.1, 0.15) is 23.2 Å². The third-order valence-corrected chi connectivity index (χ3v) is 5.58. The maximum absolute atomic E-state index is 12.2. The molecule has 0 bridgehead atoms. The largest absolute Gasteiger partial charge is 0.343 e. The van der Waals surface area contributed by atoms with Gasteiger partial charge in [0.1, 0.15) is 0 Å². The molecule has 2 aromatic carbocycles. The lowest BCUT2D eigenvalue weighted by molar-refractivity contribution is -0.117. The molecular weight excluding hydrogens is 394 g/mol. The van der Waals surface area contributed by atoms with E-state index in [0.29, 0.717) is 24.2 Å². The topological polar surface area (TPSA) is 113 Å². The van der Waals surface area contributed by atoms with Crippen LogP contribution in [0.5, 0.6) is 0 Å². The molecule has 8 nitrogen and oxygen atoms in total. The van der Waals surface area contributed by atoms with Gasteiger partial charge in [0, 0.05) is 36.2 Å². The predicted octanol–water partition coefficient (Wildman–Crippen LogP) is 1.59. The van der Waals surface area contributed by atoms with Gasteiger partial charge in [-0.25, -0.2) is 8.42 Å². The Kier molecular flexibility index (Phi) is 5.97. The Morgan fingerprint density at radius 2 is 1.83 bits per heavy atom. The molecule has 3 amide bonds. The molecular formula is C20H21N3O5S. The van der Waals surface area contributed by atoms with E-state index in [9.17, 15) is 22.8 Å². The average Bonchev–Trinajstić information content (AvgIpc) is 3.12. The van der Waals surface area contributed by atoms with E-state index in [1.165, 1.54) is 18.2 Å². The summed E-state index contributed by atoms with van der Waals surface area (Å²) in [6.45, 7) is 0.402. The van der Waals surface area contributed by atoms with Crippen molar-refractivity contribution in [3.63, 3.8) is 0 Å². The standard InChI is InChI=1S/C20H21N3O5S/c1-29(27,28)17-5-2-4-15(12-17)22-18(24)13-21-20(26)14-7-9-16(10-8-14)23-11-3-6-19(23)25/h2,4-5,7-10,12H,3,6,11,13H2,1H3,(H,21,26)(H,22,24). The van der Waals surface area contributed by atoms with Gasteiger partial charge in [-0.05, 0) is 48.9 Å². The number of hydrogen-bond acceptors (Lipinski definition) is 5. The van der Waals surface area contributed by atoms with Crippen molar-refractivity contribution in [3.8, 4) is 0 Å². The molecule has 0 spiro atoms. The van der Waals surface area contributed by atoms with Crippen LogP contribution in [0.15, 0.2) is 53.4 Å².